The number of rotatable bonds is 5. The summed E-state index contributed by atoms with van der Waals surface area (Å²) in [7, 11) is 1.58. The van der Waals surface area contributed by atoms with Gasteiger partial charge in [-0.1, -0.05) is 6.07 Å². The van der Waals surface area contributed by atoms with Crippen molar-refractivity contribution >= 4 is 11.6 Å². The van der Waals surface area contributed by atoms with E-state index in [2.05, 4.69) is 15.3 Å². The van der Waals surface area contributed by atoms with E-state index >= 15 is 0 Å². The molecule has 2 rings (SSSR count). The molecule has 0 saturated heterocycles. The van der Waals surface area contributed by atoms with Crippen LogP contribution in [0.5, 0.6) is 5.75 Å². The molecule has 1 amide bonds. The van der Waals surface area contributed by atoms with Crippen LogP contribution in [0.3, 0.4) is 0 Å². The first-order valence-corrected chi connectivity index (χ1v) is 6.05. The van der Waals surface area contributed by atoms with Gasteiger partial charge in [0.15, 0.2) is 5.54 Å². The summed E-state index contributed by atoms with van der Waals surface area (Å²) >= 11 is 0. The lowest BCUT2D eigenvalue weighted by Crippen LogP contribution is -2.45. The molecule has 0 aliphatic rings. The minimum Gasteiger partial charge on any atom is -0.497 e. The summed E-state index contributed by atoms with van der Waals surface area (Å²) in [4.78, 5) is 20.0. The number of nitrogens with zero attached hydrogens (tertiary/aromatic N) is 2. The molecule has 0 aliphatic carbocycles. The van der Waals surface area contributed by atoms with Crippen LogP contribution < -0.4 is 15.8 Å². The number of methoxy groups -OCH3 is 1. The van der Waals surface area contributed by atoms with Crippen molar-refractivity contribution in [2.75, 3.05) is 12.4 Å². The third kappa shape index (κ3) is 2.69. The number of amides is 1. The van der Waals surface area contributed by atoms with Crippen molar-refractivity contribution in [3.8, 4) is 5.75 Å². The normalized spacial score (nSPS) is 13.3. The molecule has 1 aromatic carbocycles. The Morgan fingerprint density at radius 2 is 2.20 bits per heavy atom. The highest BCUT2D eigenvalue weighted by atomic mass is 16.5. The average Bonchev–Trinajstić information content (AvgIpc) is 2.48. The molecule has 0 fully saturated rings. The number of aromatic nitrogens is 2. The van der Waals surface area contributed by atoms with E-state index in [1.165, 1.54) is 18.6 Å². The number of hydrogen-bond donors (Lipinski definition) is 2. The van der Waals surface area contributed by atoms with E-state index in [0.717, 1.165) is 0 Å². The van der Waals surface area contributed by atoms with Gasteiger partial charge in [-0.05, 0) is 19.1 Å². The molecule has 0 spiro atoms. The van der Waals surface area contributed by atoms with Gasteiger partial charge in [-0.3, -0.25) is 14.8 Å². The van der Waals surface area contributed by atoms with Gasteiger partial charge in [0.1, 0.15) is 5.75 Å². The lowest BCUT2D eigenvalue weighted by Gasteiger charge is -2.27. The number of ether oxygens (including phenoxy) is 1. The highest BCUT2D eigenvalue weighted by Crippen LogP contribution is 2.26. The highest BCUT2D eigenvalue weighted by molar-refractivity contribution is 5.88. The van der Waals surface area contributed by atoms with Crippen molar-refractivity contribution in [1.29, 1.82) is 0 Å². The summed E-state index contributed by atoms with van der Waals surface area (Å²) in [6.45, 7) is 1.67. The van der Waals surface area contributed by atoms with Gasteiger partial charge in [0.2, 0.25) is 5.91 Å². The van der Waals surface area contributed by atoms with E-state index < -0.39 is 11.4 Å². The van der Waals surface area contributed by atoms with Crippen molar-refractivity contribution in [2.45, 2.75) is 12.5 Å². The summed E-state index contributed by atoms with van der Waals surface area (Å²) in [6, 6.07) is 7.23. The van der Waals surface area contributed by atoms with E-state index in [1.54, 1.807) is 20.1 Å². The van der Waals surface area contributed by atoms with E-state index in [1.807, 2.05) is 18.2 Å². The number of hydrogen-bond acceptors (Lipinski definition) is 5. The van der Waals surface area contributed by atoms with Gasteiger partial charge in [-0.15, -0.1) is 0 Å². The van der Waals surface area contributed by atoms with Gasteiger partial charge in [0.25, 0.3) is 0 Å². The van der Waals surface area contributed by atoms with Gasteiger partial charge in [0, 0.05) is 24.1 Å². The second kappa shape index (κ2) is 5.56. The van der Waals surface area contributed by atoms with Crippen molar-refractivity contribution < 1.29 is 9.53 Å². The fraction of sp³-hybridized carbons (Fsp3) is 0.214. The SMILES string of the molecule is COc1cccc(NC(C)(C(N)=O)c2cnccn2)c1. The maximum atomic E-state index is 11.8. The second-order valence-corrected chi connectivity index (χ2v) is 4.44. The maximum Gasteiger partial charge on any atom is 0.249 e. The lowest BCUT2D eigenvalue weighted by molar-refractivity contribution is -0.122. The molecule has 0 saturated carbocycles. The Labute approximate surface area is 117 Å². The van der Waals surface area contributed by atoms with Crippen LogP contribution in [0, 0.1) is 0 Å². The van der Waals surface area contributed by atoms with Crippen LogP contribution in [0.15, 0.2) is 42.9 Å². The summed E-state index contributed by atoms with van der Waals surface area (Å²) in [6.07, 6.45) is 4.57. The Kier molecular flexibility index (Phi) is 3.84. The molecule has 104 valence electrons. The molecule has 1 aromatic heterocycles. The van der Waals surface area contributed by atoms with Crippen molar-refractivity contribution in [1.82, 2.24) is 9.97 Å². The zero-order valence-electron chi connectivity index (χ0n) is 11.3. The standard InChI is InChI=1S/C14H16N4O2/c1-14(13(15)19,12-9-16-6-7-17-12)18-10-4-3-5-11(8-10)20-2/h3-9,18H,1-2H3,(H2,15,19). The Hall–Kier alpha value is -2.63. The van der Waals surface area contributed by atoms with Crippen molar-refractivity contribution in [3.63, 3.8) is 0 Å². The predicted octanol–water partition coefficient (Wildman–Crippen LogP) is 1.30. The smallest absolute Gasteiger partial charge is 0.249 e. The predicted molar refractivity (Wildman–Crippen MR) is 75.2 cm³/mol. The molecule has 20 heavy (non-hydrogen) atoms. The molecule has 2 aromatic rings. The molecular weight excluding hydrogens is 256 g/mol. The fourth-order valence-corrected chi connectivity index (χ4v) is 1.80. The van der Waals surface area contributed by atoms with Crippen LogP contribution in [-0.4, -0.2) is 23.0 Å². The molecule has 6 heteroatoms. The number of primary amides is 1. The number of anilines is 1. The molecule has 1 unspecified atom stereocenters. The second-order valence-electron chi connectivity index (χ2n) is 4.44. The minimum absolute atomic E-state index is 0.454. The third-order valence-corrected chi connectivity index (χ3v) is 3.03. The van der Waals surface area contributed by atoms with Gasteiger partial charge in [-0.2, -0.15) is 0 Å². The van der Waals surface area contributed by atoms with Crippen LogP contribution in [0.25, 0.3) is 0 Å². The topological polar surface area (TPSA) is 90.1 Å². The molecule has 1 atom stereocenters. The van der Waals surface area contributed by atoms with Crippen LogP contribution in [-0.2, 0) is 10.3 Å². The van der Waals surface area contributed by atoms with Gasteiger partial charge >= 0.3 is 0 Å². The van der Waals surface area contributed by atoms with Gasteiger partial charge in [0.05, 0.1) is 19.0 Å². The number of benzene rings is 1. The molecule has 6 nitrogen and oxygen atoms in total. The summed E-state index contributed by atoms with van der Waals surface area (Å²) < 4.78 is 5.15. The maximum absolute atomic E-state index is 11.8. The van der Waals surface area contributed by atoms with E-state index in [4.69, 9.17) is 10.5 Å². The number of nitrogens with two attached hydrogens (primary N) is 1. The van der Waals surface area contributed by atoms with Crippen LogP contribution in [0.2, 0.25) is 0 Å². The zero-order valence-corrected chi connectivity index (χ0v) is 11.3. The zero-order chi connectivity index (χ0) is 14.6. The lowest BCUT2D eigenvalue weighted by atomic mass is 9.96. The van der Waals surface area contributed by atoms with Gasteiger partial charge < -0.3 is 15.8 Å². The van der Waals surface area contributed by atoms with Crippen LogP contribution in [0.1, 0.15) is 12.6 Å². The Morgan fingerprint density at radius 1 is 1.40 bits per heavy atom. The van der Waals surface area contributed by atoms with Crippen LogP contribution >= 0.6 is 0 Å². The number of nitrogens with one attached hydrogen (secondary N) is 1. The molecule has 0 aliphatic heterocycles. The van der Waals surface area contributed by atoms with Crippen molar-refractivity contribution in [2.24, 2.45) is 5.73 Å². The first-order valence-electron chi connectivity index (χ1n) is 6.05. The molecule has 3 N–H and O–H groups in total. The first kappa shape index (κ1) is 13.8. The number of carbonyl (C=O) groups is 1. The Balaban J connectivity index is 2.37. The van der Waals surface area contributed by atoms with E-state index in [-0.39, 0.29) is 0 Å². The van der Waals surface area contributed by atoms with E-state index in [9.17, 15) is 4.79 Å². The fourth-order valence-electron chi connectivity index (χ4n) is 1.80. The minimum atomic E-state index is -1.15. The largest absolute Gasteiger partial charge is 0.497 e. The molecule has 0 radical (unpaired) electrons. The van der Waals surface area contributed by atoms with Gasteiger partial charge in [-0.25, -0.2) is 0 Å². The third-order valence-electron chi connectivity index (χ3n) is 3.03. The monoisotopic (exact) mass is 272 g/mol. The van der Waals surface area contributed by atoms with Crippen LogP contribution in [0.4, 0.5) is 5.69 Å². The summed E-state index contributed by atoms with van der Waals surface area (Å²) in [5.74, 6) is 0.141. The average molecular weight is 272 g/mol. The summed E-state index contributed by atoms with van der Waals surface area (Å²) in [5.41, 5.74) is 5.53. The molecular formula is C14H16N4O2. The van der Waals surface area contributed by atoms with E-state index in [0.29, 0.717) is 17.1 Å². The van der Waals surface area contributed by atoms with Crippen molar-refractivity contribution in [3.05, 3.63) is 48.5 Å². The quantitative estimate of drug-likeness (QED) is 0.856. The molecule has 1 heterocycles. The Morgan fingerprint density at radius 3 is 2.80 bits per heavy atom. The highest BCUT2D eigenvalue weighted by Gasteiger charge is 2.35. The Bertz CT molecular complexity index is 603. The summed E-state index contributed by atoms with van der Waals surface area (Å²) in [5, 5.41) is 3.09. The number of carbonyl (C=O) groups excluding carboxylic acids is 1. The molecule has 0 bridgehead atoms. The first-order chi connectivity index (χ1) is 9.56.